The van der Waals surface area contributed by atoms with Crippen molar-refractivity contribution in [3.8, 4) is 17.2 Å². The van der Waals surface area contributed by atoms with Crippen LogP contribution in [0.5, 0.6) is 17.2 Å². The molecule has 0 saturated carbocycles. The summed E-state index contributed by atoms with van der Waals surface area (Å²) in [5.74, 6) is 2.06. The summed E-state index contributed by atoms with van der Waals surface area (Å²) in [7, 11) is 0. The van der Waals surface area contributed by atoms with Gasteiger partial charge >= 0.3 is 0 Å². The lowest BCUT2D eigenvalue weighted by molar-refractivity contribution is 0.256. The third-order valence-corrected chi connectivity index (χ3v) is 4.92. The molecule has 0 spiro atoms. The number of aliphatic hydroxyl groups is 1. The van der Waals surface area contributed by atoms with Crippen molar-refractivity contribution in [2.24, 2.45) is 0 Å². The van der Waals surface area contributed by atoms with Gasteiger partial charge in [-0.2, -0.15) is 0 Å². The van der Waals surface area contributed by atoms with Crippen LogP contribution in [0.15, 0.2) is 91.2 Å². The van der Waals surface area contributed by atoms with E-state index >= 15 is 0 Å². The van der Waals surface area contributed by atoms with Crippen molar-refractivity contribution < 1.29 is 19.3 Å². The lowest BCUT2D eigenvalue weighted by atomic mass is 10.1. The zero-order valence-electron chi connectivity index (χ0n) is 18.0. The van der Waals surface area contributed by atoms with Crippen LogP contribution in [0.4, 0.5) is 0 Å². The number of aromatic nitrogens is 1. The van der Waals surface area contributed by atoms with Gasteiger partial charge in [0.25, 0.3) is 0 Å². The van der Waals surface area contributed by atoms with Gasteiger partial charge in [-0.25, -0.2) is 4.98 Å². The van der Waals surface area contributed by atoms with Gasteiger partial charge in [0.05, 0.1) is 11.2 Å². The molecule has 0 amide bonds. The van der Waals surface area contributed by atoms with Gasteiger partial charge in [0.1, 0.15) is 42.8 Å². The number of rotatable bonds is 9. The Bertz CT molecular complexity index is 1240. The second kappa shape index (κ2) is 9.88. The van der Waals surface area contributed by atoms with E-state index in [2.05, 4.69) is 11.6 Å². The normalized spacial score (nSPS) is 10.7. The highest BCUT2D eigenvalue weighted by Crippen LogP contribution is 2.27. The van der Waals surface area contributed by atoms with Crippen LogP contribution in [-0.4, -0.2) is 16.7 Å². The van der Waals surface area contributed by atoms with Gasteiger partial charge in [0.2, 0.25) is 0 Å². The van der Waals surface area contributed by atoms with Crippen LogP contribution in [0.3, 0.4) is 0 Å². The lowest BCUT2D eigenvalue weighted by Crippen LogP contribution is -2.05. The zero-order chi connectivity index (χ0) is 22.3. The molecule has 3 aromatic carbocycles. The van der Waals surface area contributed by atoms with Crippen molar-refractivity contribution >= 4 is 10.9 Å². The van der Waals surface area contributed by atoms with Gasteiger partial charge in [-0.3, -0.25) is 0 Å². The van der Waals surface area contributed by atoms with Crippen LogP contribution in [-0.2, 0) is 13.2 Å². The topological polar surface area (TPSA) is 60.8 Å². The van der Waals surface area contributed by atoms with Crippen molar-refractivity contribution in [2.45, 2.75) is 20.1 Å². The largest absolute Gasteiger partial charge is 0.509 e. The summed E-state index contributed by atoms with van der Waals surface area (Å²) in [6.07, 6.45) is 0. The van der Waals surface area contributed by atoms with Crippen molar-refractivity contribution in [1.29, 1.82) is 0 Å². The number of nitrogens with zero attached hydrogens (tertiary/aromatic N) is 1. The van der Waals surface area contributed by atoms with E-state index in [-0.39, 0.29) is 12.4 Å². The van der Waals surface area contributed by atoms with Crippen LogP contribution < -0.4 is 14.2 Å². The zero-order valence-corrected chi connectivity index (χ0v) is 18.0. The maximum atomic E-state index is 9.35. The van der Waals surface area contributed by atoms with E-state index < -0.39 is 0 Å². The molecule has 0 fully saturated rings. The Kier molecular flexibility index (Phi) is 6.56. The molecule has 0 unspecified atom stereocenters. The molecule has 32 heavy (non-hydrogen) atoms. The minimum atomic E-state index is -0.0223. The first-order valence-corrected chi connectivity index (χ1v) is 10.4. The molecule has 0 atom stereocenters. The molecule has 1 heterocycles. The summed E-state index contributed by atoms with van der Waals surface area (Å²) >= 11 is 0. The first-order valence-electron chi connectivity index (χ1n) is 10.4. The monoisotopic (exact) mass is 427 g/mol. The summed E-state index contributed by atoms with van der Waals surface area (Å²) in [5, 5.41) is 10.5. The molecule has 0 bridgehead atoms. The van der Waals surface area contributed by atoms with E-state index in [1.54, 1.807) is 0 Å². The number of hydrogen-bond donors (Lipinski definition) is 1. The van der Waals surface area contributed by atoms with Gasteiger partial charge in [0, 0.05) is 17.0 Å². The summed E-state index contributed by atoms with van der Waals surface area (Å²) in [5.41, 5.74) is 3.67. The molecule has 0 aliphatic carbocycles. The van der Waals surface area contributed by atoms with Crippen molar-refractivity contribution in [3.63, 3.8) is 0 Å². The maximum Gasteiger partial charge on any atom is 0.144 e. The quantitative estimate of drug-likeness (QED) is 0.325. The average Bonchev–Trinajstić information content (AvgIpc) is 2.81. The third kappa shape index (κ3) is 5.38. The summed E-state index contributed by atoms with van der Waals surface area (Å²) in [6.45, 7) is 6.16. The molecular weight excluding hydrogens is 402 g/mol. The van der Waals surface area contributed by atoms with Gasteiger partial charge in [0.15, 0.2) is 0 Å². The Labute approximate surface area is 187 Å². The van der Waals surface area contributed by atoms with E-state index in [0.717, 1.165) is 27.7 Å². The Morgan fingerprint density at radius 2 is 1.59 bits per heavy atom. The summed E-state index contributed by atoms with van der Waals surface area (Å²) in [6, 6.07) is 25.4. The molecule has 0 saturated heterocycles. The smallest absolute Gasteiger partial charge is 0.144 e. The van der Waals surface area contributed by atoms with E-state index in [1.165, 1.54) is 0 Å². The van der Waals surface area contributed by atoms with Crippen molar-refractivity contribution in [3.05, 3.63) is 108 Å². The molecule has 0 aliphatic rings. The number of aliphatic hydroxyl groups excluding tert-OH is 1. The Hall–Kier alpha value is -3.99. The van der Waals surface area contributed by atoms with Gasteiger partial charge in [-0.05, 0) is 36.8 Å². The van der Waals surface area contributed by atoms with Gasteiger partial charge in [-0.15, -0.1) is 0 Å². The second-order valence-electron chi connectivity index (χ2n) is 7.47. The van der Waals surface area contributed by atoms with E-state index in [4.69, 9.17) is 14.2 Å². The molecule has 4 aromatic rings. The minimum Gasteiger partial charge on any atom is -0.509 e. The SMILES string of the molecule is C=C(O)COc1c(C)cccc1COc1cccc(OCc2ccc3ccccc3n2)c1. The number of aryl methyl sites for hydroxylation is 1. The number of pyridine rings is 1. The number of benzene rings is 3. The van der Waals surface area contributed by atoms with Crippen LogP contribution in [0.25, 0.3) is 10.9 Å². The number of para-hydroxylation sites is 2. The van der Waals surface area contributed by atoms with Crippen LogP contribution in [0.1, 0.15) is 16.8 Å². The third-order valence-electron chi connectivity index (χ3n) is 4.92. The molecule has 5 heteroatoms. The average molecular weight is 428 g/mol. The Balaban J connectivity index is 1.40. The highest BCUT2D eigenvalue weighted by atomic mass is 16.5. The molecule has 1 aromatic heterocycles. The summed E-state index contributed by atoms with van der Waals surface area (Å²) in [4.78, 5) is 4.64. The highest BCUT2D eigenvalue weighted by Gasteiger charge is 2.09. The molecule has 1 N–H and O–H groups in total. The number of ether oxygens (including phenoxy) is 3. The fraction of sp³-hybridized carbons (Fsp3) is 0.148. The highest BCUT2D eigenvalue weighted by molar-refractivity contribution is 5.78. The molecule has 0 radical (unpaired) electrons. The molecular formula is C27H25NO4. The van der Waals surface area contributed by atoms with Crippen molar-refractivity contribution in [1.82, 2.24) is 4.98 Å². The van der Waals surface area contributed by atoms with Gasteiger partial charge < -0.3 is 19.3 Å². The Morgan fingerprint density at radius 3 is 2.41 bits per heavy atom. The predicted molar refractivity (Wildman–Crippen MR) is 125 cm³/mol. The predicted octanol–water partition coefficient (Wildman–Crippen LogP) is 6.15. The first kappa shape index (κ1) is 21.2. The lowest BCUT2D eigenvalue weighted by Gasteiger charge is -2.15. The number of fused-ring (bicyclic) bond motifs is 1. The van der Waals surface area contributed by atoms with Gasteiger partial charge in [-0.1, -0.05) is 55.1 Å². The van der Waals surface area contributed by atoms with E-state index in [9.17, 15) is 5.11 Å². The van der Waals surface area contributed by atoms with E-state index in [1.807, 2.05) is 85.8 Å². The molecule has 5 nitrogen and oxygen atoms in total. The number of hydrogen-bond acceptors (Lipinski definition) is 5. The first-order chi connectivity index (χ1) is 15.6. The molecule has 162 valence electrons. The second-order valence-corrected chi connectivity index (χ2v) is 7.47. The minimum absolute atomic E-state index is 0.0223. The van der Waals surface area contributed by atoms with Crippen LogP contribution in [0.2, 0.25) is 0 Å². The van der Waals surface area contributed by atoms with Crippen molar-refractivity contribution in [2.75, 3.05) is 6.61 Å². The van der Waals surface area contributed by atoms with E-state index in [0.29, 0.717) is 30.5 Å². The Morgan fingerprint density at radius 1 is 0.844 bits per heavy atom. The fourth-order valence-electron chi connectivity index (χ4n) is 3.35. The molecule has 0 aliphatic heterocycles. The maximum absolute atomic E-state index is 9.35. The molecule has 4 rings (SSSR count). The van der Waals surface area contributed by atoms with Crippen LogP contribution >= 0.6 is 0 Å². The van der Waals surface area contributed by atoms with Crippen LogP contribution in [0, 0.1) is 6.92 Å². The fourth-order valence-corrected chi connectivity index (χ4v) is 3.35. The summed E-state index contributed by atoms with van der Waals surface area (Å²) < 4.78 is 17.6. The standard InChI is InChI=1S/C27H25NO4/c1-19-7-5-9-22(27(19)32-16-20(2)29)17-30-24-10-6-11-25(15-24)31-18-23-14-13-21-8-3-4-12-26(21)28-23/h3-15,29H,2,16-18H2,1H3.